The Morgan fingerprint density at radius 2 is 1.68 bits per heavy atom. The number of carbonyl (C=O) groups excluding carboxylic acids is 1. The quantitative estimate of drug-likeness (QED) is 0.326. The summed E-state index contributed by atoms with van der Waals surface area (Å²) in [5, 5.41) is 0. The molecule has 5 nitrogen and oxygen atoms in total. The molecule has 1 saturated heterocycles. The number of anilines is 1. The summed E-state index contributed by atoms with van der Waals surface area (Å²) >= 11 is 0. The van der Waals surface area contributed by atoms with Crippen molar-refractivity contribution in [1.29, 1.82) is 0 Å². The molecule has 2 aromatic carbocycles. The predicted octanol–water partition coefficient (Wildman–Crippen LogP) is 6.08. The Bertz CT molecular complexity index is 1250. The van der Waals surface area contributed by atoms with Crippen molar-refractivity contribution in [2.75, 3.05) is 24.6 Å². The first kappa shape index (κ1) is 26.5. The van der Waals surface area contributed by atoms with Gasteiger partial charge in [0.15, 0.2) is 0 Å². The molecule has 0 bridgehead atoms. The summed E-state index contributed by atoms with van der Waals surface area (Å²) in [4.78, 5) is 18.8. The van der Waals surface area contributed by atoms with E-state index in [4.69, 9.17) is 9.47 Å². The summed E-state index contributed by atoms with van der Waals surface area (Å²) in [6.45, 7) is 6.75. The molecule has 1 aliphatic rings. The van der Waals surface area contributed by atoms with Crippen LogP contribution in [-0.2, 0) is 22.4 Å². The zero-order chi connectivity index (χ0) is 26.7. The van der Waals surface area contributed by atoms with Crippen molar-refractivity contribution < 1.29 is 27.4 Å². The minimum absolute atomic E-state index is 0.0493. The molecule has 37 heavy (non-hydrogen) atoms. The lowest BCUT2D eigenvalue weighted by Crippen LogP contribution is -2.57. The maximum absolute atomic E-state index is 13.9. The van der Waals surface area contributed by atoms with Gasteiger partial charge in [-0.1, -0.05) is 24.3 Å². The summed E-state index contributed by atoms with van der Waals surface area (Å²) in [6.07, 6.45) is 0.302. The molecule has 8 heteroatoms. The lowest BCUT2D eigenvalue weighted by atomic mass is 9.93. The van der Waals surface area contributed by atoms with Crippen LogP contribution in [0.3, 0.4) is 0 Å². The topological polar surface area (TPSA) is 51.7 Å². The molecule has 1 fully saturated rings. The normalized spacial score (nSPS) is 14.4. The maximum Gasteiger partial charge on any atom is 0.310 e. The zero-order valence-corrected chi connectivity index (χ0v) is 21.5. The monoisotopic (exact) mass is 512 g/mol. The highest BCUT2D eigenvalue weighted by atomic mass is 19.3. The van der Waals surface area contributed by atoms with E-state index >= 15 is 0 Å². The van der Waals surface area contributed by atoms with Crippen LogP contribution in [0.4, 0.5) is 18.9 Å². The van der Waals surface area contributed by atoms with Gasteiger partial charge in [0.05, 0.1) is 37.9 Å². The van der Waals surface area contributed by atoms with E-state index in [-0.39, 0.29) is 18.3 Å². The molecule has 0 spiro atoms. The zero-order valence-electron chi connectivity index (χ0n) is 21.5. The third kappa shape index (κ3) is 6.42. The fourth-order valence-corrected chi connectivity index (χ4v) is 4.55. The number of hydrogen-bond donors (Lipinski definition) is 0. The van der Waals surface area contributed by atoms with Crippen LogP contribution in [0.15, 0.2) is 48.5 Å². The lowest BCUT2D eigenvalue weighted by molar-refractivity contribution is -0.146. The van der Waals surface area contributed by atoms with Gasteiger partial charge < -0.3 is 14.4 Å². The van der Waals surface area contributed by atoms with Crippen LogP contribution < -0.4 is 9.64 Å². The molecule has 0 unspecified atom stereocenters. The summed E-state index contributed by atoms with van der Waals surface area (Å²) in [5.74, 6) is -2.82. The summed E-state index contributed by atoms with van der Waals surface area (Å²) in [6, 6.07) is 13.7. The van der Waals surface area contributed by atoms with Crippen molar-refractivity contribution in [1.82, 2.24) is 4.98 Å². The van der Waals surface area contributed by atoms with E-state index in [1.54, 1.807) is 37.8 Å². The number of ether oxygens (including phenoxy) is 2. The first-order chi connectivity index (χ1) is 17.5. The van der Waals surface area contributed by atoms with Crippen molar-refractivity contribution in [3.05, 3.63) is 76.9 Å². The Morgan fingerprint density at radius 3 is 2.27 bits per heavy atom. The molecule has 196 valence electrons. The van der Waals surface area contributed by atoms with E-state index in [0.717, 1.165) is 11.1 Å². The summed E-state index contributed by atoms with van der Waals surface area (Å²) in [5.41, 5.74) is 4.98. The highest BCUT2D eigenvalue weighted by Crippen LogP contribution is 2.43. The van der Waals surface area contributed by atoms with Gasteiger partial charge in [-0.3, -0.25) is 9.78 Å². The van der Waals surface area contributed by atoms with E-state index in [1.807, 2.05) is 31.2 Å². The predicted molar refractivity (Wildman–Crippen MR) is 137 cm³/mol. The van der Waals surface area contributed by atoms with Crippen LogP contribution >= 0.6 is 0 Å². The highest BCUT2D eigenvalue weighted by molar-refractivity contribution is 5.87. The average Bonchev–Trinajstić information content (AvgIpc) is 2.80. The van der Waals surface area contributed by atoms with Gasteiger partial charge in [0, 0.05) is 28.9 Å². The van der Waals surface area contributed by atoms with E-state index < -0.39 is 25.0 Å². The highest BCUT2D eigenvalue weighted by Gasteiger charge is 2.46. The first-order valence-corrected chi connectivity index (χ1v) is 12.3. The van der Waals surface area contributed by atoms with Crippen molar-refractivity contribution in [3.63, 3.8) is 0 Å². The molecule has 1 aromatic heterocycles. The Kier molecular flexibility index (Phi) is 7.76. The van der Waals surface area contributed by atoms with Gasteiger partial charge in [-0.25, -0.2) is 13.2 Å². The average molecular weight is 513 g/mol. The van der Waals surface area contributed by atoms with Gasteiger partial charge in [-0.2, -0.15) is 0 Å². The molecule has 0 saturated carbocycles. The molecule has 0 N–H and O–H groups in total. The second-order valence-corrected chi connectivity index (χ2v) is 9.66. The van der Waals surface area contributed by atoms with Gasteiger partial charge in [0.2, 0.25) is 0 Å². The standard InChI is InChI=1S/C29H31F3N2O3/c1-18(2)37-26(35)15-25-19(3)33-20(4)27(28(25)34-16-29(31,32)17-34)22-7-11-24(12-8-22)36-14-13-21-5-9-23(30)10-6-21/h5-12,18H,13-17H2,1-4H3. The second kappa shape index (κ2) is 10.8. The van der Waals surface area contributed by atoms with Crippen LogP contribution in [0.25, 0.3) is 11.1 Å². The number of alkyl halides is 2. The van der Waals surface area contributed by atoms with Crippen LogP contribution in [0.1, 0.15) is 36.4 Å². The second-order valence-electron chi connectivity index (χ2n) is 9.66. The SMILES string of the molecule is Cc1nc(C)c(-c2ccc(OCCc3ccc(F)cc3)cc2)c(N2CC(F)(F)C2)c1CC(=O)OC(C)C. The van der Waals surface area contributed by atoms with E-state index in [1.165, 1.54) is 12.1 Å². The third-order valence-electron chi connectivity index (χ3n) is 6.22. The van der Waals surface area contributed by atoms with Gasteiger partial charge in [0.25, 0.3) is 5.92 Å². The van der Waals surface area contributed by atoms with Crippen LogP contribution in [0.2, 0.25) is 0 Å². The number of carbonyl (C=O) groups is 1. The van der Waals surface area contributed by atoms with Crippen molar-refractivity contribution in [3.8, 4) is 16.9 Å². The molecular weight excluding hydrogens is 481 g/mol. The maximum atomic E-state index is 13.9. The van der Waals surface area contributed by atoms with Crippen molar-refractivity contribution >= 4 is 11.7 Å². The number of aryl methyl sites for hydroxylation is 2. The van der Waals surface area contributed by atoms with Crippen molar-refractivity contribution in [2.24, 2.45) is 0 Å². The largest absolute Gasteiger partial charge is 0.493 e. The lowest BCUT2D eigenvalue weighted by Gasteiger charge is -2.43. The third-order valence-corrected chi connectivity index (χ3v) is 6.22. The van der Waals surface area contributed by atoms with E-state index in [9.17, 15) is 18.0 Å². The van der Waals surface area contributed by atoms with E-state index in [2.05, 4.69) is 4.98 Å². The van der Waals surface area contributed by atoms with Gasteiger partial charge in [-0.05, 0) is 63.1 Å². The Hall–Kier alpha value is -3.55. The van der Waals surface area contributed by atoms with Gasteiger partial charge >= 0.3 is 5.97 Å². The molecule has 1 aliphatic heterocycles. The minimum Gasteiger partial charge on any atom is -0.493 e. The minimum atomic E-state index is -2.78. The Labute approximate surface area is 215 Å². The molecular formula is C29H31F3N2O3. The molecule has 3 aromatic rings. The first-order valence-electron chi connectivity index (χ1n) is 12.3. The fraction of sp³-hybridized carbons (Fsp3) is 0.379. The van der Waals surface area contributed by atoms with Crippen molar-refractivity contribution in [2.45, 2.75) is 52.6 Å². The molecule has 0 aliphatic carbocycles. The van der Waals surface area contributed by atoms with Crippen LogP contribution in [-0.4, -0.2) is 42.7 Å². The molecule has 2 heterocycles. The number of aromatic nitrogens is 1. The number of hydrogen-bond acceptors (Lipinski definition) is 5. The number of rotatable bonds is 9. The van der Waals surface area contributed by atoms with Gasteiger partial charge in [0.1, 0.15) is 11.6 Å². The Balaban J connectivity index is 1.60. The van der Waals surface area contributed by atoms with Crippen LogP contribution in [0.5, 0.6) is 5.75 Å². The molecule has 0 radical (unpaired) electrons. The van der Waals surface area contributed by atoms with Gasteiger partial charge in [-0.15, -0.1) is 0 Å². The number of pyridine rings is 1. The molecule has 4 rings (SSSR count). The Morgan fingerprint density at radius 1 is 1.03 bits per heavy atom. The number of nitrogens with zero attached hydrogens (tertiary/aromatic N) is 2. The van der Waals surface area contributed by atoms with E-state index in [0.29, 0.717) is 47.0 Å². The smallest absolute Gasteiger partial charge is 0.310 e. The number of esters is 1. The molecule has 0 atom stereocenters. The summed E-state index contributed by atoms with van der Waals surface area (Å²) < 4.78 is 52.1. The number of benzene rings is 2. The molecule has 0 amide bonds. The van der Waals surface area contributed by atoms with Crippen LogP contribution in [0, 0.1) is 19.7 Å². The number of halogens is 3. The fourth-order valence-electron chi connectivity index (χ4n) is 4.55. The summed E-state index contributed by atoms with van der Waals surface area (Å²) in [7, 11) is 0.